The van der Waals surface area contributed by atoms with Gasteiger partial charge < -0.3 is 10.0 Å². The van der Waals surface area contributed by atoms with E-state index < -0.39 is 34.5 Å². The van der Waals surface area contributed by atoms with E-state index in [-0.39, 0.29) is 42.4 Å². The molecule has 152 valence electrons. The van der Waals surface area contributed by atoms with Crippen LogP contribution in [0.2, 0.25) is 0 Å². The second kappa shape index (κ2) is 6.98. The topological polar surface area (TPSA) is 82.8 Å². The fourth-order valence-electron chi connectivity index (χ4n) is 3.52. The number of pyridine rings is 1. The van der Waals surface area contributed by atoms with E-state index in [0.29, 0.717) is 0 Å². The van der Waals surface area contributed by atoms with Crippen molar-refractivity contribution in [2.24, 2.45) is 0 Å². The Hall–Kier alpha value is -3.23. The van der Waals surface area contributed by atoms with Crippen LogP contribution in [-0.2, 0) is 6.42 Å². The van der Waals surface area contributed by atoms with Gasteiger partial charge in [-0.05, 0) is 30.9 Å². The van der Waals surface area contributed by atoms with Gasteiger partial charge in [-0.1, -0.05) is 6.07 Å². The van der Waals surface area contributed by atoms with Crippen molar-refractivity contribution in [1.29, 1.82) is 0 Å². The van der Waals surface area contributed by atoms with E-state index in [4.69, 9.17) is 0 Å². The average molecular weight is 403 g/mol. The molecule has 7 nitrogen and oxygen atoms in total. The second-order valence-corrected chi connectivity index (χ2v) is 7.38. The molecule has 29 heavy (non-hydrogen) atoms. The van der Waals surface area contributed by atoms with Gasteiger partial charge in [-0.25, -0.2) is 8.78 Å². The lowest BCUT2D eigenvalue weighted by Crippen LogP contribution is -2.53. The molecule has 0 bridgehead atoms. The Labute approximate surface area is 164 Å². The minimum absolute atomic E-state index is 0.0306. The zero-order valence-corrected chi connectivity index (χ0v) is 15.7. The van der Waals surface area contributed by atoms with E-state index in [2.05, 4.69) is 0 Å². The van der Waals surface area contributed by atoms with Crippen molar-refractivity contribution in [3.63, 3.8) is 0 Å². The number of aromatic nitrogens is 1. The predicted molar refractivity (Wildman–Crippen MR) is 99.6 cm³/mol. The van der Waals surface area contributed by atoms with Crippen LogP contribution in [0.15, 0.2) is 29.2 Å². The van der Waals surface area contributed by atoms with Crippen LogP contribution in [-0.4, -0.2) is 46.1 Å². The van der Waals surface area contributed by atoms with Gasteiger partial charge in [-0.3, -0.25) is 24.1 Å². The first kappa shape index (κ1) is 19.1. The molecule has 0 spiro atoms. The number of carbonyl (C=O) groups excluding carboxylic acids is 2. The summed E-state index contributed by atoms with van der Waals surface area (Å²) < 4.78 is 28.1. The van der Waals surface area contributed by atoms with E-state index in [1.54, 1.807) is 17.0 Å². The highest BCUT2D eigenvalue weighted by molar-refractivity contribution is 6.00. The van der Waals surface area contributed by atoms with Gasteiger partial charge in [0.25, 0.3) is 5.91 Å². The largest absolute Gasteiger partial charge is 0.502 e. The molecule has 4 rings (SSSR count). The van der Waals surface area contributed by atoms with Crippen LogP contribution in [0.5, 0.6) is 5.75 Å². The molecule has 1 N–H and O–H groups in total. The first-order chi connectivity index (χ1) is 13.8. The van der Waals surface area contributed by atoms with E-state index in [0.717, 1.165) is 25.0 Å². The number of aromatic hydroxyl groups is 1. The third kappa shape index (κ3) is 3.37. The van der Waals surface area contributed by atoms with Crippen LogP contribution in [0.3, 0.4) is 0 Å². The number of hydrogen-bond donors (Lipinski definition) is 1. The standard InChI is InChI=1S/C20H19F2N3O4/c1-23-10-24(13-5-6-13)20(29)17-19(28)18(27)14(9-25(17)23)16(26)7-3-11-2-4-12(21)8-15(11)22/h2,4,8-9,13,28H,3,5-7,10H2,1H3. The van der Waals surface area contributed by atoms with E-state index >= 15 is 0 Å². The Kier molecular flexibility index (Phi) is 4.60. The normalized spacial score (nSPS) is 16.2. The van der Waals surface area contributed by atoms with Crippen LogP contribution in [0.4, 0.5) is 8.78 Å². The molecule has 2 aromatic rings. The molecule has 1 aliphatic carbocycles. The van der Waals surface area contributed by atoms with Crippen LogP contribution < -0.4 is 10.4 Å². The molecule has 0 atom stereocenters. The molecule has 9 heteroatoms. The van der Waals surface area contributed by atoms with Crippen LogP contribution >= 0.6 is 0 Å². The highest BCUT2D eigenvalue weighted by Crippen LogP contribution is 2.31. The number of hydrogen-bond acceptors (Lipinski definition) is 5. The van der Waals surface area contributed by atoms with Crippen LogP contribution in [0.25, 0.3) is 0 Å². The van der Waals surface area contributed by atoms with Gasteiger partial charge in [0.15, 0.2) is 17.2 Å². The lowest BCUT2D eigenvalue weighted by atomic mass is 10.0. The van der Waals surface area contributed by atoms with E-state index in [1.807, 2.05) is 0 Å². The van der Waals surface area contributed by atoms with Gasteiger partial charge >= 0.3 is 0 Å². The van der Waals surface area contributed by atoms with Crippen molar-refractivity contribution in [2.45, 2.75) is 31.7 Å². The Balaban J connectivity index is 1.62. The summed E-state index contributed by atoms with van der Waals surface area (Å²) in [6.07, 6.45) is 2.75. The molecule has 1 aliphatic heterocycles. The molecule has 0 saturated heterocycles. The minimum Gasteiger partial charge on any atom is -0.502 e. The molecule has 2 aliphatic rings. The van der Waals surface area contributed by atoms with Gasteiger partial charge in [-0.2, -0.15) is 0 Å². The maximum atomic E-state index is 13.8. The minimum atomic E-state index is -0.930. The smallest absolute Gasteiger partial charge is 0.278 e. The zero-order valence-electron chi connectivity index (χ0n) is 15.7. The van der Waals surface area contributed by atoms with Crippen LogP contribution in [0, 0.1) is 11.6 Å². The summed E-state index contributed by atoms with van der Waals surface area (Å²) in [5, 5.41) is 12.0. The number of aryl methyl sites for hydroxylation is 1. The Bertz CT molecular complexity index is 1080. The fraction of sp³-hybridized carbons (Fsp3) is 0.350. The average Bonchev–Trinajstić information content (AvgIpc) is 3.51. The van der Waals surface area contributed by atoms with Crippen LogP contribution in [0.1, 0.15) is 45.7 Å². The van der Waals surface area contributed by atoms with Crippen molar-refractivity contribution in [1.82, 2.24) is 9.58 Å². The first-order valence-electron chi connectivity index (χ1n) is 9.26. The Morgan fingerprint density at radius 1 is 1.24 bits per heavy atom. The number of nitrogens with zero attached hydrogens (tertiary/aromatic N) is 3. The molecule has 1 aromatic carbocycles. The molecule has 0 unspecified atom stereocenters. The Morgan fingerprint density at radius 3 is 2.62 bits per heavy atom. The lowest BCUT2D eigenvalue weighted by Gasteiger charge is -2.37. The number of rotatable bonds is 5. The molecule has 1 amide bonds. The number of amides is 1. The first-order valence-corrected chi connectivity index (χ1v) is 9.26. The fourth-order valence-corrected chi connectivity index (χ4v) is 3.52. The number of carbonyl (C=O) groups is 2. The summed E-state index contributed by atoms with van der Waals surface area (Å²) in [4.78, 5) is 39.4. The summed E-state index contributed by atoms with van der Waals surface area (Å²) in [7, 11) is 1.68. The van der Waals surface area contributed by atoms with Gasteiger partial charge in [0.05, 0.1) is 5.56 Å². The summed E-state index contributed by atoms with van der Waals surface area (Å²) >= 11 is 0. The second-order valence-electron chi connectivity index (χ2n) is 7.38. The van der Waals surface area contributed by atoms with Gasteiger partial charge in [-0.15, -0.1) is 0 Å². The molecule has 0 radical (unpaired) electrons. The quantitative estimate of drug-likeness (QED) is 0.770. The summed E-state index contributed by atoms with van der Waals surface area (Å²) in [6, 6.07) is 3.16. The van der Waals surface area contributed by atoms with E-state index in [1.165, 1.54) is 16.9 Å². The van der Waals surface area contributed by atoms with Crippen molar-refractivity contribution < 1.29 is 23.5 Å². The third-order valence-corrected chi connectivity index (χ3v) is 5.28. The number of fused-ring (bicyclic) bond motifs is 1. The highest BCUT2D eigenvalue weighted by atomic mass is 19.1. The molecule has 1 fully saturated rings. The Morgan fingerprint density at radius 2 is 1.97 bits per heavy atom. The van der Waals surface area contributed by atoms with Gasteiger partial charge in [0, 0.05) is 31.8 Å². The highest BCUT2D eigenvalue weighted by Gasteiger charge is 2.40. The molecular weight excluding hydrogens is 384 g/mol. The molecular formula is C20H19F2N3O4. The van der Waals surface area contributed by atoms with Gasteiger partial charge in [0.1, 0.15) is 18.3 Å². The number of ketones is 1. The monoisotopic (exact) mass is 403 g/mol. The van der Waals surface area contributed by atoms with E-state index in [9.17, 15) is 28.3 Å². The molecule has 1 saturated carbocycles. The summed E-state index contributed by atoms with van der Waals surface area (Å²) in [5.74, 6) is -3.31. The lowest BCUT2D eigenvalue weighted by molar-refractivity contribution is 0.0678. The maximum Gasteiger partial charge on any atom is 0.278 e. The predicted octanol–water partition coefficient (Wildman–Crippen LogP) is 1.79. The summed E-state index contributed by atoms with van der Waals surface area (Å²) in [5.41, 5.74) is -1.24. The third-order valence-electron chi connectivity index (χ3n) is 5.28. The molecule has 2 heterocycles. The number of Topliss-reactive ketones (excluding diaryl/α,β-unsaturated/α-hetero) is 1. The van der Waals surface area contributed by atoms with Crippen molar-refractivity contribution in [3.05, 3.63) is 63.1 Å². The number of halogens is 2. The maximum absolute atomic E-state index is 13.8. The van der Waals surface area contributed by atoms with Crippen molar-refractivity contribution in [3.8, 4) is 5.75 Å². The SMILES string of the molecule is CN1CN(C2CC2)C(=O)c2c(O)c(=O)c(C(=O)CCc3ccc(F)cc3F)cn21. The molecule has 1 aromatic heterocycles. The number of benzene rings is 1. The summed E-state index contributed by atoms with van der Waals surface area (Å²) in [6.45, 7) is 0.271. The van der Waals surface area contributed by atoms with Crippen molar-refractivity contribution >= 4 is 11.7 Å². The van der Waals surface area contributed by atoms with Crippen molar-refractivity contribution in [2.75, 3.05) is 18.7 Å². The zero-order chi connectivity index (χ0) is 20.9. The van der Waals surface area contributed by atoms with Gasteiger partial charge in [0.2, 0.25) is 5.43 Å².